The van der Waals surface area contributed by atoms with Crippen LogP contribution < -0.4 is 11.1 Å². The largest absolute Gasteiger partial charge is 0.334 e. The third-order valence-electron chi connectivity index (χ3n) is 5.73. The minimum absolute atomic E-state index is 0.0306. The molecule has 0 saturated carbocycles. The maximum atomic E-state index is 13.3. The average molecular weight is 487 g/mol. The molecular formula is C24H30N4O5S. The number of hydrogen-bond acceptors (Lipinski definition) is 5. The first-order chi connectivity index (χ1) is 16.0. The van der Waals surface area contributed by atoms with Crippen LogP contribution in [-0.2, 0) is 34.5 Å². The molecule has 0 atom stereocenters. The van der Waals surface area contributed by atoms with Gasteiger partial charge in [-0.15, -0.1) is 0 Å². The van der Waals surface area contributed by atoms with E-state index in [4.69, 9.17) is 0 Å². The lowest BCUT2D eigenvalue weighted by Gasteiger charge is -2.27. The van der Waals surface area contributed by atoms with Crippen molar-refractivity contribution in [3.63, 3.8) is 0 Å². The number of aromatic nitrogens is 2. The molecule has 0 aliphatic carbocycles. The highest BCUT2D eigenvalue weighted by atomic mass is 32.2. The number of amides is 1. The highest BCUT2D eigenvalue weighted by Crippen LogP contribution is 2.20. The quantitative estimate of drug-likeness (QED) is 0.453. The monoisotopic (exact) mass is 486 g/mol. The van der Waals surface area contributed by atoms with Crippen LogP contribution in [0.15, 0.2) is 63.0 Å². The fraction of sp³-hybridized carbons (Fsp3) is 0.375. The zero-order chi connectivity index (χ0) is 25.2. The van der Waals surface area contributed by atoms with Gasteiger partial charge in [-0.2, -0.15) is 0 Å². The van der Waals surface area contributed by atoms with E-state index in [0.29, 0.717) is 12.1 Å². The van der Waals surface area contributed by atoms with Crippen LogP contribution in [0.3, 0.4) is 0 Å². The van der Waals surface area contributed by atoms with Crippen LogP contribution in [0.4, 0.5) is 0 Å². The number of hydrogen-bond donors (Lipinski definition) is 0. The molecule has 2 aromatic carbocycles. The molecule has 0 bridgehead atoms. The summed E-state index contributed by atoms with van der Waals surface area (Å²) in [5.74, 6) is -0.350. The van der Waals surface area contributed by atoms with Gasteiger partial charge in [0.2, 0.25) is 15.9 Å². The number of aryl methyl sites for hydroxylation is 1. The van der Waals surface area contributed by atoms with Crippen LogP contribution in [-0.4, -0.2) is 52.8 Å². The van der Waals surface area contributed by atoms with E-state index in [9.17, 15) is 22.8 Å². The van der Waals surface area contributed by atoms with E-state index >= 15 is 0 Å². The zero-order valence-electron chi connectivity index (χ0n) is 20.1. The second kappa shape index (κ2) is 9.94. The number of benzene rings is 2. The van der Waals surface area contributed by atoms with Crippen molar-refractivity contribution >= 4 is 27.0 Å². The lowest BCUT2D eigenvalue weighted by molar-refractivity contribution is -0.134. The first-order valence-electron chi connectivity index (χ1n) is 11.0. The number of carbonyl (C=O) groups is 1. The van der Waals surface area contributed by atoms with Gasteiger partial charge in [0.05, 0.1) is 15.9 Å². The molecule has 0 fully saturated rings. The van der Waals surface area contributed by atoms with Crippen molar-refractivity contribution in [2.45, 2.75) is 51.3 Å². The number of nitrogens with zero attached hydrogens (tertiary/aromatic N) is 4. The first kappa shape index (κ1) is 25.4. The molecule has 1 amide bonds. The molecule has 10 heteroatoms. The van der Waals surface area contributed by atoms with Crippen LogP contribution in [0.2, 0.25) is 0 Å². The maximum absolute atomic E-state index is 13.3. The van der Waals surface area contributed by atoms with Gasteiger partial charge in [-0.25, -0.2) is 12.7 Å². The van der Waals surface area contributed by atoms with Gasteiger partial charge in [0, 0.05) is 33.2 Å². The fourth-order valence-electron chi connectivity index (χ4n) is 3.80. The van der Waals surface area contributed by atoms with E-state index in [1.807, 2.05) is 44.2 Å². The van der Waals surface area contributed by atoms with E-state index in [0.717, 1.165) is 14.4 Å². The summed E-state index contributed by atoms with van der Waals surface area (Å²) in [6, 6.07) is 13.6. The molecule has 0 spiro atoms. The van der Waals surface area contributed by atoms with Gasteiger partial charge in [-0.1, -0.05) is 30.3 Å². The van der Waals surface area contributed by atoms with Crippen molar-refractivity contribution in [3.8, 4) is 0 Å². The van der Waals surface area contributed by atoms with E-state index in [1.54, 1.807) is 11.8 Å². The Morgan fingerprint density at radius 1 is 0.941 bits per heavy atom. The lowest BCUT2D eigenvalue weighted by atomic mass is 10.2. The summed E-state index contributed by atoms with van der Waals surface area (Å²) < 4.78 is 28.9. The summed E-state index contributed by atoms with van der Waals surface area (Å²) in [6.45, 7) is 5.66. The number of rotatable bonds is 8. The van der Waals surface area contributed by atoms with Crippen LogP contribution in [0.5, 0.6) is 0 Å². The summed E-state index contributed by atoms with van der Waals surface area (Å²) in [5, 5.41) is 0. The van der Waals surface area contributed by atoms with Gasteiger partial charge in [-0.05, 0) is 44.5 Å². The number of fused-ring (bicyclic) bond motifs is 1. The first-order valence-corrected chi connectivity index (χ1v) is 12.5. The van der Waals surface area contributed by atoms with Crippen LogP contribution in [0.1, 0.15) is 26.3 Å². The smallest absolute Gasteiger partial charge is 0.317 e. The summed E-state index contributed by atoms with van der Waals surface area (Å²) in [7, 11) is -0.972. The molecule has 0 aliphatic rings. The predicted octanol–water partition coefficient (Wildman–Crippen LogP) is 1.87. The Hall–Kier alpha value is -3.24. The molecule has 0 radical (unpaired) electrons. The highest BCUT2D eigenvalue weighted by Gasteiger charge is 2.23. The van der Waals surface area contributed by atoms with E-state index in [-0.39, 0.29) is 35.5 Å². The normalized spacial score (nSPS) is 12.0. The van der Waals surface area contributed by atoms with E-state index in [1.165, 1.54) is 36.9 Å². The molecule has 9 nitrogen and oxygen atoms in total. The number of carbonyl (C=O) groups excluding carboxylic acids is 1. The van der Waals surface area contributed by atoms with Crippen molar-refractivity contribution < 1.29 is 13.2 Å². The van der Waals surface area contributed by atoms with Gasteiger partial charge in [0.1, 0.15) is 6.54 Å². The topological polar surface area (TPSA) is 102 Å². The minimum Gasteiger partial charge on any atom is -0.334 e. The van der Waals surface area contributed by atoms with Crippen LogP contribution in [0, 0.1) is 0 Å². The number of sulfonamides is 1. The van der Waals surface area contributed by atoms with Gasteiger partial charge < -0.3 is 9.47 Å². The van der Waals surface area contributed by atoms with Crippen molar-refractivity contribution in [2.75, 3.05) is 14.1 Å². The Kier molecular flexibility index (Phi) is 7.42. The van der Waals surface area contributed by atoms with Crippen molar-refractivity contribution in [3.05, 3.63) is 74.8 Å². The second-order valence-electron chi connectivity index (χ2n) is 8.48. The molecule has 0 N–H and O–H groups in total. The molecule has 1 aromatic heterocycles. The third kappa shape index (κ3) is 4.83. The van der Waals surface area contributed by atoms with Gasteiger partial charge >= 0.3 is 11.1 Å². The van der Waals surface area contributed by atoms with Crippen molar-refractivity contribution in [1.82, 2.24) is 18.3 Å². The summed E-state index contributed by atoms with van der Waals surface area (Å²) in [6.07, 6.45) is 0. The lowest BCUT2D eigenvalue weighted by Crippen LogP contribution is -2.45. The Balaban J connectivity index is 2.16. The molecule has 1 heterocycles. The highest BCUT2D eigenvalue weighted by molar-refractivity contribution is 7.89. The molecule has 182 valence electrons. The molecule has 0 aliphatic heterocycles. The summed E-state index contributed by atoms with van der Waals surface area (Å²) >= 11 is 0. The summed E-state index contributed by atoms with van der Waals surface area (Å²) in [4.78, 5) is 40.8. The van der Waals surface area contributed by atoms with Crippen molar-refractivity contribution in [1.29, 1.82) is 0 Å². The molecule has 3 aromatic rings. The van der Waals surface area contributed by atoms with Crippen molar-refractivity contribution in [2.24, 2.45) is 0 Å². The molecular weight excluding hydrogens is 456 g/mol. The van der Waals surface area contributed by atoms with Gasteiger partial charge in [0.15, 0.2) is 0 Å². The molecule has 34 heavy (non-hydrogen) atoms. The Labute approximate surface area is 198 Å². The standard InChI is InChI=1S/C24H30N4O5S/c1-6-26-20-13-12-19(34(32,33)25(4)5)14-21(20)28(24(31)23(26)30)16-22(29)27(17(2)3)15-18-10-8-7-9-11-18/h7-14,17H,6,15-16H2,1-5H3. The Morgan fingerprint density at radius 3 is 2.12 bits per heavy atom. The van der Waals surface area contributed by atoms with Gasteiger partial charge in [-0.3, -0.25) is 19.0 Å². The molecule has 3 rings (SSSR count). The maximum Gasteiger partial charge on any atom is 0.317 e. The third-order valence-corrected chi connectivity index (χ3v) is 7.54. The zero-order valence-corrected chi connectivity index (χ0v) is 20.9. The van der Waals surface area contributed by atoms with E-state index < -0.39 is 21.1 Å². The second-order valence-corrected chi connectivity index (χ2v) is 10.6. The molecule has 0 unspecified atom stereocenters. The minimum atomic E-state index is -3.79. The Morgan fingerprint density at radius 2 is 1.56 bits per heavy atom. The summed E-state index contributed by atoms with van der Waals surface area (Å²) in [5.41, 5.74) is -0.0962. The van der Waals surface area contributed by atoms with Crippen LogP contribution in [0.25, 0.3) is 11.0 Å². The fourth-order valence-corrected chi connectivity index (χ4v) is 4.73. The average Bonchev–Trinajstić information content (AvgIpc) is 2.80. The predicted molar refractivity (Wildman–Crippen MR) is 131 cm³/mol. The Bertz CT molecular complexity index is 1420. The van der Waals surface area contributed by atoms with E-state index in [2.05, 4.69) is 0 Å². The van der Waals surface area contributed by atoms with Gasteiger partial charge in [0.25, 0.3) is 0 Å². The van der Waals surface area contributed by atoms with Crippen LogP contribution >= 0.6 is 0 Å². The SMILES string of the molecule is CCn1c(=O)c(=O)n(CC(=O)N(Cc2ccccc2)C(C)C)c2cc(S(=O)(=O)N(C)C)ccc21. The molecule has 0 saturated heterocycles.